The zero-order valence-electron chi connectivity index (χ0n) is 21.3. The highest BCUT2D eigenvalue weighted by atomic mass is 19.1. The third kappa shape index (κ3) is 7.71. The number of halogens is 2. The summed E-state index contributed by atoms with van der Waals surface area (Å²) in [5.41, 5.74) is 0.240. The second-order valence-electron chi connectivity index (χ2n) is 9.24. The van der Waals surface area contributed by atoms with Crippen LogP contribution < -0.4 is 20.7 Å². The van der Waals surface area contributed by atoms with Crippen LogP contribution in [0.3, 0.4) is 0 Å². The van der Waals surface area contributed by atoms with E-state index in [2.05, 4.69) is 25.9 Å². The van der Waals surface area contributed by atoms with E-state index in [9.17, 15) is 18.4 Å². The van der Waals surface area contributed by atoms with Crippen LogP contribution in [0.5, 0.6) is 11.5 Å². The molecule has 3 N–H and O–H groups in total. The first kappa shape index (κ1) is 27.0. The number of hydrogen-bond acceptors (Lipinski definition) is 7. The number of amides is 2. The molecule has 0 aliphatic rings. The Hall–Kier alpha value is -5.06. The number of benzene rings is 2. The van der Waals surface area contributed by atoms with Crippen LogP contribution in [0.4, 0.5) is 36.6 Å². The molecule has 0 bridgehead atoms. The molecule has 4 rings (SSSR count). The van der Waals surface area contributed by atoms with E-state index in [0.717, 1.165) is 0 Å². The van der Waals surface area contributed by atoms with Gasteiger partial charge < -0.3 is 20.1 Å². The third-order valence-electron chi connectivity index (χ3n) is 4.94. The lowest BCUT2D eigenvalue weighted by molar-refractivity contribution is 0.0635. The highest BCUT2D eigenvalue weighted by molar-refractivity contribution is 6.07. The van der Waals surface area contributed by atoms with Gasteiger partial charge in [0.2, 0.25) is 0 Å². The first-order chi connectivity index (χ1) is 18.6. The number of rotatable bonds is 7. The molecule has 0 atom stereocenters. The van der Waals surface area contributed by atoms with Crippen molar-refractivity contribution in [2.75, 3.05) is 16.0 Å². The number of hydrogen-bond donors (Lipinski definition) is 3. The van der Waals surface area contributed by atoms with Gasteiger partial charge in [0.25, 0.3) is 5.91 Å². The fraction of sp³-hybridized carbons (Fsp3) is 0.143. The van der Waals surface area contributed by atoms with E-state index >= 15 is 0 Å². The smallest absolute Gasteiger partial charge is 0.413 e. The number of anilines is 4. The molecular formula is C28H25F2N5O4. The number of nitrogens with one attached hydrogen (secondary N) is 3. The lowest BCUT2D eigenvalue weighted by Gasteiger charge is -2.19. The molecule has 0 aliphatic carbocycles. The lowest BCUT2D eigenvalue weighted by Crippen LogP contribution is -2.27. The van der Waals surface area contributed by atoms with Gasteiger partial charge in [0.15, 0.2) is 11.6 Å². The van der Waals surface area contributed by atoms with E-state index in [1.807, 2.05) is 0 Å². The van der Waals surface area contributed by atoms with Gasteiger partial charge in [-0.15, -0.1) is 0 Å². The van der Waals surface area contributed by atoms with Crippen LogP contribution in [0.25, 0.3) is 0 Å². The molecule has 39 heavy (non-hydrogen) atoms. The molecule has 200 valence electrons. The minimum Gasteiger partial charge on any atom is -0.454 e. The number of aromatic nitrogens is 2. The van der Waals surface area contributed by atoms with Crippen molar-refractivity contribution < 1.29 is 27.8 Å². The maximum atomic E-state index is 14.9. The molecule has 0 saturated heterocycles. The fourth-order valence-electron chi connectivity index (χ4n) is 3.30. The maximum Gasteiger partial charge on any atom is 0.413 e. The summed E-state index contributed by atoms with van der Waals surface area (Å²) in [6, 6.07) is 15.5. The summed E-state index contributed by atoms with van der Waals surface area (Å²) in [6.07, 6.45) is 2.20. The van der Waals surface area contributed by atoms with Crippen LogP contribution in [-0.2, 0) is 4.74 Å². The monoisotopic (exact) mass is 533 g/mol. The Morgan fingerprint density at radius 2 is 1.59 bits per heavy atom. The van der Waals surface area contributed by atoms with Gasteiger partial charge in [-0.05, 0) is 75.4 Å². The van der Waals surface area contributed by atoms with Crippen molar-refractivity contribution in [1.29, 1.82) is 0 Å². The Morgan fingerprint density at radius 3 is 2.31 bits per heavy atom. The maximum absolute atomic E-state index is 14.9. The molecule has 0 spiro atoms. The van der Waals surface area contributed by atoms with Gasteiger partial charge in [-0.2, -0.15) is 0 Å². The molecule has 2 aromatic carbocycles. The van der Waals surface area contributed by atoms with Crippen molar-refractivity contribution in [2.45, 2.75) is 26.4 Å². The summed E-state index contributed by atoms with van der Waals surface area (Å²) in [5.74, 6) is -1.07. The summed E-state index contributed by atoms with van der Waals surface area (Å²) in [5, 5.41) is 8.09. The molecule has 4 aromatic rings. The van der Waals surface area contributed by atoms with E-state index in [0.29, 0.717) is 11.4 Å². The molecular weight excluding hydrogens is 508 g/mol. The van der Waals surface area contributed by atoms with Gasteiger partial charge in [-0.1, -0.05) is 0 Å². The molecule has 2 heterocycles. The number of nitrogens with zero attached hydrogens (tertiary/aromatic N) is 2. The Bertz CT molecular complexity index is 1490. The van der Waals surface area contributed by atoms with Crippen LogP contribution in [0.15, 0.2) is 79.1 Å². The minimum atomic E-state index is -0.688. The van der Waals surface area contributed by atoms with Crippen molar-refractivity contribution in [3.8, 4) is 11.5 Å². The van der Waals surface area contributed by atoms with Crippen LogP contribution in [0, 0.1) is 11.6 Å². The molecule has 0 saturated carbocycles. The summed E-state index contributed by atoms with van der Waals surface area (Å²) in [4.78, 5) is 33.0. The SMILES string of the molecule is CC(C)(C)OC(=O)Nc1cc(Oc2ccc(Nc3ncccc3C(=O)Nc3ccc(F)cc3)cc2F)ccn1. The van der Waals surface area contributed by atoms with E-state index in [-0.39, 0.29) is 28.7 Å². The Morgan fingerprint density at radius 1 is 0.846 bits per heavy atom. The molecule has 11 heteroatoms. The number of carbonyl (C=O) groups is 2. The lowest BCUT2D eigenvalue weighted by atomic mass is 10.2. The van der Waals surface area contributed by atoms with Crippen molar-refractivity contribution in [1.82, 2.24) is 9.97 Å². The predicted molar refractivity (Wildman–Crippen MR) is 142 cm³/mol. The van der Waals surface area contributed by atoms with Crippen LogP contribution in [0.1, 0.15) is 31.1 Å². The van der Waals surface area contributed by atoms with Crippen LogP contribution in [0.2, 0.25) is 0 Å². The molecule has 0 fully saturated rings. The molecule has 2 amide bonds. The zero-order valence-corrected chi connectivity index (χ0v) is 21.3. The third-order valence-corrected chi connectivity index (χ3v) is 4.94. The molecule has 2 aromatic heterocycles. The summed E-state index contributed by atoms with van der Waals surface area (Å²) < 4.78 is 38.9. The Kier molecular flexibility index (Phi) is 7.99. The molecule has 0 radical (unpaired) electrons. The van der Waals surface area contributed by atoms with Crippen molar-refractivity contribution in [3.05, 3.63) is 96.3 Å². The van der Waals surface area contributed by atoms with Gasteiger partial charge in [-0.25, -0.2) is 23.5 Å². The van der Waals surface area contributed by atoms with Crippen LogP contribution >= 0.6 is 0 Å². The van der Waals surface area contributed by atoms with Gasteiger partial charge >= 0.3 is 6.09 Å². The number of ether oxygens (including phenoxy) is 2. The van der Waals surface area contributed by atoms with E-state index < -0.39 is 29.2 Å². The highest BCUT2D eigenvalue weighted by Gasteiger charge is 2.17. The molecule has 0 aliphatic heterocycles. The second kappa shape index (κ2) is 11.5. The van der Waals surface area contributed by atoms with Gasteiger partial charge in [0.05, 0.1) is 5.56 Å². The first-order valence-corrected chi connectivity index (χ1v) is 11.8. The van der Waals surface area contributed by atoms with Crippen LogP contribution in [-0.4, -0.2) is 27.6 Å². The van der Waals surface area contributed by atoms with Crippen molar-refractivity contribution >= 4 is 35.0 Å². The van der Waals surface area contributed by atoms with Crippen molar-refractivity contribution in [2.24, 2.45) is 0 Å². The van der Waals surface area contributed by atoms with Gasteiger partial charge in [-0.3, -0.25) is 10.1 Å². The Balaban J connectivity index is 1.44. The quantitative estimate of drug-likeness (QED) is 0.237. The average molecular weight is 534 g/mol. The van der Waals surface area contributed by atoms with Gasteiger partial charge in [0.1, 0.15) is 28.8 Å². The molecule has 9 nitrogen and oxygen atoms in total. The molecule has 0 unspecified atom stereocenters. The number of pyridine rings is 2. The summed E-state index contributed by atoms with van der Waals surface area (Å²) in [7, 11) is 0. The minimum absolute atomic E-state index is 0.0785. The fourth-order valence-corrected chi connectivity index (χ4v) is 3.30. The topological polar surface area (TPSA) is 114 Å². The summed E-state index contributed by atoms with van der Waals surface area (Å²) in [6.45, 7) is 5.20. The van der Waals surface area contributed by atoms with Gasteiger partial charge in [0, 0.05) is 35.9 Å². The normalized spacial score (nSPS) is 10.9. The zero-order chi connectivity index (χ0) is 28.0. The Labute approximate surface area is 223 Å². The highest BCUT2D eigenvalue weighted by Crippen LogP contribution is 2.29. The first-order valence-electron chi connectivity index (χ1n) is 11.8. The van der Waals surface area contributed by atoms with E-state index in [4.69, 9.17) is 9.47 Å². The van der Waals surface area contributed by atoms with E-state index in [1.54, 1.807) is 39.0 Å². The van der Waals surface area contributed by atoms with Crippen molar-refractivity contribution in [3.63, 3.8) is 0 Å². The van der Waals surface area contributed by atoms with E-state index in [1.165, 1.54) is 60.9 Å². The predicted octanol–water partition coefficient (Wildman–Crippen LogP) is 6.89. The summed E-state index contributed by atoms with van der Waals surface area (Å²) >= 11 is 0. The number of carbonyl (C=O) groups excluding carboxylic acids is 2. The average Bonchev–Trinajstić information content (AvgIpc) is 2.86. The largest absolute Gasteiger partial charge is 0.454 e. The second-order valence-corrected chi connectivity index (χ2v) is 9.24. The standard InChI is InChI=1S/C28H25F2N5O4/c1-28(2,3)39-27(37)35-24-16-20(12-14-31-24)38-23-11-10-19(15-22(23)30)33-25-21(5-4-13-32-25)26(36)34-18-8-6-17(29)7-9-18/h4-16H,1-3H3,(H,32,33)(H,34,36)(H,31,35,37).